The first-order chi connectivity index (χ1) is 11.0. The predicted molar refractivity (Wildman–Crippen MR) is 92.4 cm³/mol. The van der Waals surface area contributed by atoms with Crippen LogP contribution in [0, 0.1) is 48.3 Å². The first kappa shape index (κ1) is 15.2. The van der Waals surface area contributed by atoms with Gasteiger partial charge in [0.25, 0.3) is 0 Å². The minimum Gasteiger partial charge on any atom is -0.317 e. The molecule has 122 valence electrons. The third-order valence-corrected chi connectivity index (χ3v) is 7.57. The second kappa shape index (κ2) is 5.34. The first-order valence-electron chi connectivity index (χ1n) is 8.78. The molecule has 4 aliphatic carbocycles. The van der Waals surface area contributed by atoms with Crippen molar-refractivity contribution >= 4 is 22.2 Å². The molecule has 1 aromatic heterocycles. The zero-order valence-corrected chi connectivity index (χ0v) is 14.8. The summed E-state index contributed by atoms with van der Waals surface area (Å²) in [6.45, 7) is 3.97. The van der Waals surface area contributed by atoms with Gasteiger partial charge in [-0.05, 0) is 81.1 Å². The van der Waals surface area contributed by atoms with E-state index in [9.17, 15) is 10.1 Å². The van der Waals surface area contributed by atoms with Crippen LogP contribution in [-0.4, -0.2) is 5.91 Å². The molecule has 1 heterocycles. The van der Waals surface area contributed by atoms with Gasteiger partial charge in [-0.2, -0.15) is 5.26 Å². The lowest BCUT2D eigenvalue weighted by Gasteiger charge is -2.56. The van der Waals surface area contributed by atoms with Crippen LogP contribution in [0.2, 0.25) is 0 Å². The number of aryl methyl sites for hydroxylation is 1. The van der Waals surface area contributed by atoms with E-state index in [-0.39, 0.29) is 11.3 Å². The van der Waals surface area contributed by atoms with Gasteiger partial charge in [0.1, 0.15) is 11.1 Å². The Labute approximate surface area is 142 Å². The van der Waals surface area contributed by atoms with Gasteiger partial charge in [-0.15, -0.1) is 11.3 Å². The highest BCUT2D eigenvalue weighted by Gasteiger charge is 2.51. The standard InChI is InChI=1S/C19H24N2OS/c1-11-12(2)23-18(16(11)10-20)21-17(22)9-19-6-13-3-14(7-19)5-15(4-13)8-19/h13-15H,3-9H2,1-2H3,(H,21,22). The summed E-state index contributed by atoms with van der Waals surface area (Å²) in [5.74, 6) is 2.73. The summed E-state index contributed by atoms with van der Waals surface area (Å²) in [6, 6.07) is 2.25. The van der Waals surface area contributed by atoms with Gasteiger partial charge < -0.3 is 5.32 Å². The number of carbonyl (C=O) groups is 1. The van der Waals surface area contributed by atoms with Crippen LogP contribution >= 0.6 is 11.3 Å². The highest BCUT2D eigenvalue weighted by molar-refractivity contribution is 7.16. The normalized spacial score (nSPS) is 34.4. The third-order valence-electron chi connectivity index (χ3n) is 6.45. The van der Waals surface area contributed by atoms with Crippen molar-refractivity contribution in [3.05, 3.63) is 16.0 Å². The first-order valence-corrected chi connectivity index (χ1v) is 9.59. The molecule has 4 fully saturated rings. The Bertz CT molecular complexity index is 662. The fourth-order valence-corrected chi connectivity index (χ4v) is 6.89. The maximum Gasteiger partial charge on any atom is 0.225 e. The van der Waals surface area contributed by atoms with E-state index in [1.54, 1.807) is 0 Å². The van der Waals surface area contributed by atoms with Gasteiger partial charge in [0, 0.05) is 11.3 Å². The number of nitrogens with zero attached hydrogens (tertiary/aromatic N) is 1. The molecule has 1 aromatic rings. The maximum atomic E-state index is 12.7. The zero-order chi connectivity index (χ0) is 16.2. The van der Waals surface area contributed by atoms with E-state index in [0.717, 1.165) is 33.2 Å². The molecular formula is C19H24N2OS. The Hall–Kier alpha value is -1.34. The SMILES string of the molecule is Cc1sc(NC(=O)CC23CC4CC(CC(C4)C2)C3)c(C#N)c1C. The summed E-state index contributed by atoms with van der Waals surface area (Å²) in [5.41, 5.74) is 1.90. The molecule has 0 aromatic carbocycles. The molecule has 0 radical (unpaired) electrons. The summed E-state index contributed by atoms with van der Waals surface area (Å²) in [5, 5.41) is 13.1. The third kappa shape index (κ3) is 2.59. The fraction of sp³-hybridized carbons (Fsp3) is 0.684. The summed E-state index contributed by atoms with van der Waals surface area (Å²) < 4.78 is 0. The van der Waals surface area contributed by atoms with Gasteiger partial charge in [0.15, 0.2) is 0 Å². The van der Waals surface area contributed by atoms with Gasteiger partial charge in [-0.25, -0.2) is 0 Å². The van der Waals surface area contributed by atoms with Crippen LogP contribution in [-0.2, 0) is 4.79 Å². The topological polar surface area (TPSA) is 52.9 Å². The fourth-order valence-electron chi connectivity index (χ4n) is 5.87. The average Bonchev–Trinajstić information content (AvgIpc) is 2.70. The Kier molecular flexibility index (Phi) is 3.53. The van der Waals surface area contributed by atoms with Gasteiger partial charge in [0.05, 0.1) is 5.56 Å². The summed E-state index contributed by atoms with van der Waals surface area (Å²) in [4.78, 5) is 13.8. The molecule has 0 spiro atoms. The molecule has 4 heteroatoms. The van der Waals surface area contributed by atoms with Crippen molar-refractivity contribution in [2.24, 2.45) is 23.2 Å². The predicted octanol–water partition coefficient (Wildman–Crippen LogP) is 4.78. The van der Waals surface area contributed by atoms with Gasteiger partial charge in [-0.1, -0.05) is 0 Å². The summed E-state index contributed by atoms with van der Waals surface area (Å²) in [6.07, 6.45) is 8.62. The van der Waals surface area contributed by atoms with Gasteiger partial charge in [0.2, 0.25) is 5.91 Å². The largest absolute Gasteiger partial charge is 0.317 e. The molecule has 4 bridgehead atoms. The Balaban J connectivity index is 1.49. The second-order valence-corrected chi connectivity index (χ2v) is 9.47. The van der Waals surface area contributed by atoms with E-state index in [1.807, 2.05) is 13.8 Å². The van der Waals surface area contributed by atoms with Crippen LogP contribution in [0.3, 0.4) is 0 Å². The van der Waals surface area contributed by atoms with E-state index in [1.165, 1.54) is 49.9 Å². The molecule has 5 rings (SSSR count). The molecular weight excluding hydrogens is 304 g/mol. The van der Waals surface area contributed by atoms with E-state index >= 15 is 0 Å². The average molecular weight is 328 g/mol. The van der Waals surface area contributed by atoms with Gasteiger partial charge >= 0.3 is 0 Å². The van der Waals surface area contributed by atoms with Crippen molar-refractivity contribution in [1.29, 1.82) is 5.26 Å². The van der Waals surface area contributed by atoms with Crippen molar-refractivity contribution < 1.29 is 4.79 Å². The van der Waals surface area contributed by atoms with Crippen LogP contribution in [0.25, 0.3) is 0 Å². The van der Waals surface area contributed by atoms with E-state index in [4.69, 9.17) is 0 Å². The van der Waals surface area contributed by atoms with Crippen molar-refractivity contribution in [2.45, 2.75) is 58.8 Å². The minimum atomic E-state index is 0.115. The smallest absolute Gasteiger partial charge is 0.225 e. The lowest BCUT2D eigenvalue weighted by atomic mass is 9.49. The Morgan fingerprint density at radius 3 is 2.30 bits per heavy atom. The van der Waals surface area contributed by atoms with Crippen molar-refractivity contribution in [3.63, 3.8) is 0 Å². The molecule has 3 nitrogen and oxygen atoms in total. The molecule has 1 amide bonds. The molecule has 0 aliphatic heterocycles. The van der Waals surface area contributed by atoms with Crippen LogP contribution in [0.15, 0.2) is 0 Å². The van der Waals surface area contributed by atoms with E-state index in [2.05, 4.69) is 11.4 Å². The highest BCUT2D eigenvalue weighted by Crippen LogP contribution is 2.61. The number of thiophene rings is 1. The number of hydrogen-bond acceptors (Lipinski definition) is 3. The van der Waals surface area contributed by atoms with Crippen LogP contribution < -0.4 is 5.32 Å². The quantitative estimate of drug-likeness (QED) is 0.868. The monoisotopic (exact) mass is 328 g/mol. The van der Waals surface area contributed by atoms with Crippen molar-refractivity contribution in [3.8, 4) is 6.07 Å². The molecule has 1 N–H and O–H groups in total. The highest BCUT2D eigenvalue weighted by atomic mass is 32.1. The summed E-state index contributed by atoms with van der Waals surface area (Å²) in [7, 11) is 0. The molecule has 23 heavy (non-hydrogen) atoms. The van der Waals surface area contributed by atoms with Crippen LogP contribution in [0.1, 0.15) is 60.9 Å². The van der Waals surface area contributed by atoms with Crippen molar-refractivity contribution in [2.75, 3.05) is 5.32 Å². The van der Waals surface area contributed by atoms with E-state index < -0.39 is 0 Å². The number of carbonyl (C=O) groups excluding carboxylic acids is 1. The summed E-state index contributed by atoms with van der Waals surface area (Å²) >= 11 is 1.53. The molecule has 0 unspecified atom stereocenters. The number of hydrogen-bond donors (Lipinski definition) is 1. The molecule has 0 saturated heterocycles. The zero-order valence-electron chi connectivity index (χ0n) is 13.9. The van der Waals surface area contributed by atoms with Crippen LogP contribution in [0.5, 0.6) is 0 Å². The number of nitrogens with one attached hydrogen (secondary N) is 1. The Morgan fingerprint density at radius 1 is 1.22 bits per heavy atom. The van der Waals surface area contributed by atoms with E-state index in [0.29, 0.717) is 12.0 Å². The lowest BCUT2D eigenvalue weighted by molar-refractivity contribution is -0.124. The number of nitriles is 1. The molecule has 4 aliphatic rings. The number of amides is 1. The minimum absolute atomic E-state index is 0.115. The number of anilines is 1. The lowest BCUT2D eigenvalue weighted by Crippen LogP contribution is -2.47. The molecule has 0 atom stereocenters. The maximum absolute atomic E-state index is 12.7. The van der Waals surface area contributed by atoms with Crippen LogP contribution in [0.4, 0.5) is 5.00 Å². The van der Waals surface area contributed by atoms with Crippen molar-refractivity contribution in [1.82, 2.24) is 0 Å². The Morgan fingerprint density at radius 2 is 1.78 bits per heavy atom. The van der Waals surface area contributed by atoms with Gasteiger partial charge in [-0.3, -0.25) is 4.79 Å². The second-order valence-electron chi connectivity index (χ2n) is 8.24. The molecule has 4 saturated carbocycles. The number of rotatable bonds is 3.